The number of hydrogen-bond acceptors (Lipinski definition) is 5. The summed E-state index contributed by atoms with van der Waals surface area (Å²) in [5.41, 5.74) is 0. The number of thiophene rings is 1. The molecule has 78 valence electrons. The van der Waals surface area contributed by atoms with E-state index in [0.29, 0.717) is 0 Å². The first-order chi connectivity index (χ1) is 6.53. The maximum atomic E-state index is 11.5. The van der Waals surface area contributed by atoms with Crippen LogP contribution in [0, 0.1) is 0 Å². The molecule has 1 rings (SSSR count). The number of rotatable bonds is 3. The van der Waals surface area contributed by atoms with Crippen LogP contribution in [0.2, 0.25) is 0 Å². The van der Waals surface area contributed by atoms with Crippen LogP contribution in [-0.4, -0.2) is 27.2 Å². The molecule has 6 heteroatoms. The lowest BCUT2D eigenvalue weighted by molar-refractivity contribution is 0.0602. The van der Waals surface area contributed by atoms with Crippen molar-refractivity contribution in [1.82, 2.24) is 0 Å². The van der Waals surface area contributed by atoms with Gasteiger partial charge in [-0.1, -0.05) is 6.92 Å². The van der Waals surface area contributed by atoms with Crippen molar-refractivity contribution in [2.24, 2.45) is 0 Å². The summed E-state index contributed by atoms with van der Waals surface area (Å²) in [6.45, 7) is 1.54. The van der Waals surface area contributed by atoms with Crippen LogP contribution in [0.15, 0.2) is 16.3 Å². The molecule has 1 aromatic heterocycles. The lowest BCUT2D eigenvalue weighted by atomic mass is 10.5. The highest BCUT2D eigenvalue weighted by molar-refractivity contribution is 7.91. The first kappa shape index (κ1) is 11.2. The van der Waals surface area contributed by atoms with Crippen molar-refractivity contribution in [2.75, 3.05) is 12.9 Å². The second kappa shape index (κ2) is 4.10. The number of sulfone groups is 1. The third-order valence-electron chi connectivity index (χ3n) is 1.71. The quantitative estimate of drug-likeness (QED) is 0.740. The molecule has 0 aromatic carbocycles. The number of carbonyl (C=O) groups is 1. The topological polar surface area (TPSA) is 60.4 Å². The van der Waals surface area contributed by atoms with Gasteiger partial charge in [0.1, 0.15) is 4.88 Å². The lowest BCUT2D eigenvalue weighted by Crippen LogP contribution is -2.09. The van der Waals surface area contributed by atoms with Crippen LogP contribution in [0.25, 0.3) is 0 Å². The molecule has 1 aromatic rings. The van der Waals surface area contributed by atoms with Gasteiger partial charge in [-0.2, -0.15) is 0 Å². The van der Waals surface area contributed by atoms with E-state index in [4.69, 9.17) is 0 Å². The van der Waals surface area contributed by atoms with Crippen molar-refractivity contribution < 1.29 is 17.9 Å². The van der Waals surface area contributed by atoms with Crippen molar-refractivity contribution in [3.8, 4) is 0 Å². The molecule has 0 N–H and O–H groups in total. The summed E-state index contributed by atoms with van der Waals surface area (Å²) in [6.07, 6.45) is 0. The van der Waals surface area contributed by atoms with Gasteiger partial charge in [0.05, 0.1) is 17.8 Å². The SMILES string of the molecule is CCS(=O)(=O)c1ccsc1C(=O)OC. The van der Waals surface area contributed by atoms with Gasteiger partial charge in [-0.15, -0.1) is 11.3 Å². The minimum absolute atomic E-state index is 0.0201. The van der Waals surface area contributed by atoms with E-state index < -0.39 is 15.8 Å². The maximum absolute atomic E-state index is 11.5. The summed E-state index contributed by atoms with van der Waals surface area (Å²) in [5, 5.41) is 1.56. The lowest BCUT2D eigenvalue weighted by Gasteiger charge is -2.01. The molecule has 0 aliphatic carbocycles. The first-order valence-corrected chi connectivity index (χ1v) is 6.44. The van der Waals surface area contributed by atoms with Gasteiger partial charge in [0, 0.05) is 0 Å². The zero-order valence-corrected chi connectivity index (χ0v) is 9.44. The van der Waals surface area contributed by atoms with Crippen molar-refractivity contribution in [2.45, 2.75) is 11.8 Å². The van der Waals surface area contributed by atoms with Gasteiger partial charge in [-0.05, 0) is 11.4 Å². The van der Waals surface area contributed by atoms with E-state index in [1.165, 1.54) is 20.1 Å². The summed E-state index contributed by atoms with van der Waals surface area (Å²) in [6, 6.07) is 1.43. The Morgan fingerprint density at radius 2 is 2.21 bits per heavy atom. The third-order valence-corrected chi connectivity index (χ3v) is 4.51. The summed E-state index contributed by atoms with van der Waals surface area (Å²) >= 11 is 1.07. The molecule has 0 saturated heterocycles. The zero-order valence-electron chi connectivity index (χ0n) is 7.81. The standard InChI is InChI=1S/C8H10O4S2/c1-3-14(10,11)6-4-5-13-7(6)8(9)12-2/h4-5H,3H2,1-2H3. The Labute approximate surface area is 86.4 Å². The smallest absolute Gasteiger partial charge is 0.349 e. The Morgan fingerprint density at radius 3 is 2.71 bits per heavy atom. The molecule has 14 heavy (non-hydrogen) atoms. The molecule has 0 amide bonds. The third kappa shape index (κ3) is 1.96. The second-order valence-electron chi connectivity index (χ2n) is 2.51. The second-order valence-corrected chi connectivity index (χ2v) is 5.67. The van der Waals surface area contributed by atoms with Gasteiger partial charge < -0.3 is 4.74 Å². The molecule has 0 radical (unpaired) electrons. The van der Waals surface area contributed by atoms with Crippen molar-refractivity contribution in [1.29, 1.82) is 0 Å². The Hall–Kier alpha value is -0.880. The van der Waals surface area contributed by atoms with E-state index in [1.54, 1.807) is 5.38 Å². The Morgan fingerprint density at radius 1 is 1.57 bits per heavy atom. The van der Waals surface area contributed by atoms with Crippen molar-refractivity contribution in [3.05, 3.63) is 16.3 Å². The highest BCUT2D eigenvalue weighted by Crippen LogP contribution is 2.23. The highest BCUT2D eigenvalue weighted by atomic mass is 32.2. The fourth-order valence-electron chi connectivity index (χ4n) is 0.939. The minimum Gasteiger partial charge on any atom is -0.465 e. The van der Waals surface area contributed by atoms with Gasteiger partial charge in [0.15, 0.2) is 9.84 Å². The molecule has 0 aliphatic heterocycles. The van der Waals surface area contributed by atoms with E-state index in [0.717, 1.165) is 11.3 Å². The molecule has 0 spiro atoms. The Bertz CT molecular complexity index is 430. The van der Waals surface area contributed by atoms with Gasteiger partial charge in [0.25, 0.3) is 0 Å². The molecule has 1 heterocycles. The Kier molecular flexibility index (Phi) is 3.28. The van der Waals surface area contributed by atoms with E-state index in [-0.39, 0.29) is 15.5 Å². The van der Waals surface area contributed by atoms with Crippen LogP contribution in [0.1, 0.15) is 16.6 Å². The van der Waals surface area contributed by atoms with Crippen LogP contribution < -0.4 is 0 Å². The van der Waals surface area contributed by atoms with Crippen LogP contribution >= 0.6 is 11.3 Å². The molecular formula is C8H10O4S2. The molecular weight excluding hydrogens is 224 g/mol. The molecule has 0 bridgehead atoms. The van der Waals surface area contributed by atoms with Crippen LogP contribution in [0.5, 0.6) is 0 Å². The van der Waals surface area contributed by atoms with Crippen LogP contribution in [-0.2, 0) is 14.6 Å². The molecule has 0 aliphatic rings. The monoisotopic (exact) mass is 234 g/mol. The van der Waals surface area contributed by atoms with E-state index in [9.17, 15) is 13.2 Å². The zero-order chi connectivity index (χ0) is 10.8. The van der Waals surface area contributed by atoms with Gasteiger partial charge in [-0.3, -0.25) is 0 Å². The van der Waals surface area contributed by atoms with Gasteiger partial charge in [-0.25, -0.2) is 13.2 Å². The van der Waals surface area contributed by atoms with Crippen molar-refractivity contribution >= 4 is 27.1 Å². The predicted octanol–water partition coefficient (Wildman–Crippen LogP) is 1.33. The largest absolute Gasteiger partial charge is 0.465 e. The fourth-order valence-corrected chi connectivity index (χ4v) is 3.21. The van der Waals surface area contributed by atoms with Gasteiger partial charge >= 0.3 is 5.97 Å². The summed E-state index contributed by atoms with van der Waals surface area (Å²) < 4.78 is 27.5. The highest BCUT2D eigenvalue weighted by Gasteiger charge is 2.22. The number of carbonyl (C=O) groups excluding carboxylic acids is 1. The fraction of sp³-hybridized carbons (Fsp3) is 0.375. The maximum Gasteiger partial charge on any atom is 0.349 e. The Balaban J connectivity index is 3.25. The average Bonchev–Trinajstić information content (AvgIpc) is 2.65. The van der Waals surface area contributed by atoms with Crippen LogP contribution in [0.4, 0.5) is 0 Å². The van der Waals surface area contributed by atoms with E-state index >= 15 is 0 Å². The predicted molar refractivity (Wildman–Crippen MR) is 53.4 cm³/mol. The number of esters is 1. The molecule has 0 atom stereocenters. The number of methoxy groups -OCH3 is 1. The van der Waals surface area contributed by atoms with Gasteiger partial charge in [0.2, 0.25) is 0 Å². The molecule has 4 nitrogen and oxygen atoms in total. The summed E-state index contributed by atoms with van der Waals surface area (Å²) in [7, 11) is -2.10. The molecule has 0 saturated carbocycles. The van der Waals surface area contributed by atoms with E-state index in [2.05, 4.69) is 4.74 Å². The number of hydrogen-bond donors (Lipinski definition) is 0. The molecule has 0 fully saturated rings. The normalized spacial score (nSPS) is 11.3. The van der Waals surface area contributed by atoms with Crippen LogP contribution in [0.3, 0.4) is 0 Å². The summed E-state index contributed by atoms with van der Waals surface area (Å²) in [4.78, 5) is 11.4. The first-order valence-electron chi connectivity index (χ1n) is 3.91. The summed E-state index contributed by atoms with van der Waals surface area (Å²) in [5.74, 6) is -0.625. The molecule has 0 unspecified atom stereocenters. The minimum atomic E-state index is -3.33. The average molecular weight is 234 g/mol. The number of ether oxygens (including phenoxy) is 1. The van der Waals surface area contributed by atoms with E-state index in [1.807, 2.05) is 0 Å². The van der Waals surface area contributed by atoms with Crippen molar-refractivity contribution in [3.63, 3.8) is 0 Å².